The molecule has 198 valence electrons. The number of ketones is 4. The molecule has 0 radical (unpaired) electrons. The summed E-state index contributed by atoms with van der Waals surface area (Å²) in [6.07, 6.45) is 2.64. The number of nitrogens with zero attached hydrogens (tertiary/aromatic N) is 2. The number of pyridine rings is 1. The SMILES string of the molecule is CN(C)[C@@H]1C(=O)C(C(N)=O)C(=O)[C@@]2(O)C(=O)C3=C(O)C4=C(C[C@H]3C[C@@H]12)C(c1ccc(F)nc1)=CC(N)C4=O. The average molecular weight is 525 g/mol. The third-order valence-electron chi connectivity index (χ3n) is 8.01. The highest BCUT2D eigenvalue weighted by molar-refractivity contribution is 6.32. The van der Waals surface area contributed by atoms with E-state index in [0.717, 1.165) is 6.07 Å². The second-order valence-electron chi connectivity index (χ2n) is 10.3. The predicted molar refractivity (Wildman–Crippen MR) is 128 cm³/mol. The maximum Gasteiger partial charge on any atom is 0.235 e. The lowest BCUT2D eigenvalue weighted by atomic mass is 9.54. The average Bonchev–Trinajstić information content (AvgIpc) is 2.83. The van der Waals surface area contributed by atoms with Gasteiger partial charge >= 0.3 is 0 Å². The number of fused-ring (bicyclic) bond motifs is 2. The zero-order valence-electron chi connectivity index (χ0n) is 20.5. The summed E-state index contributed by atoms with van der Waals surface area (Å²) in [4.78, 5) is 70.5. The van der Waals surface area contributed by atoms with Gasteiger partial charge in [0.1, 0.15) is 5.76 Å². The van der Waals surface area contributed by atoms with Gasteiger partial charge in [0.15, 0.2) is 28.9 Å². The Labute approximate surface area is 215 Å². The smallest absolute Gasteiger partial charge is 0.235 e. The Morgan fingerprint density at radius 2 is 1.89 bits per heavy atom. The van der Waals surface area contributed by atoms with Crippen LogP contribution in [0.1, 0.15) is 18.4 Å². The molecule has 0 aliphatic heterocycles. The van der Waals surface area contributed by atoms with Crippen molar-refractivity contribution in [1.82, 2.24) is 9.88 Å². The molecule has 4 aliphatic rings. The van der Waals surface area contributed by atoms with Crippen molar-refractivity contribution < 1.29 is 38.6 Å². The standard InChI is InChI=1S/C26H25FN4O7/c1-31(2)19-13-6-10-5-12-11(9-3-4-15(27)30-8-9)7-14(28)20(32)17(12)21(33)16(10)23(35)26(13,38)24(36)18(22(19)34)25(29)37/h3-4,7-8,10,13-14,18-19,33,38H,5-6,28H2,1-2H3,(H2,29,37)/t10-,13-,14?,18?,19-,26-/m0/s1. The van der Waals surface area contributed by atoms with E-state index in [4.69, 9.17) is 11.5 Å². The largest absolute Gasteiger partial charge is 0.507 e. The van der Waals surface area contributed by atoms with Crippen molar-refractivity contribution >= 4 is 34.6 Å². The van der Waals surface area contributed by atoms with E-state index in [0.29, 0.717) is 16.7 Å². The zero-order chi connectivity index (χ0) is 27.8. The Morgan fingerprint density at radius 3 is 2.47 bits per heavy atom. The lowest BCUT2D eigenvalue weighted by Crippen LogP contribution is -2.72. The van der Waals surface area contributed by atoms with Crippen LogP contribution in [-0.4, -0.2) is 80.9 Å². The lowest BCUT2D eigenvalue weighted by Gasteiger charge is -2.51. The minimum absolute atomic E-state index is 0.0243. The van der Waals surface area contributed by atoms with E-state index >= 15 is 0 Å². The van der Waals surface area contributed by atoms with E-state index in [9.17, 15) is 38.6 Å². The summed E-state index contributed by atoms with van der Waals surface area (Å²) in [6.45, 7) is 0. The van der Waals surface area contributed by atoms with Gasteiger partial charge in [0.25, 0.3) is 0 Å². The topological polar surface area (TPSA) is 194 Å². The molecule has 2 fully saturated rings. The van der Waals surface area contributed by atoms with Crippen LogP contribution in [0.2, 0.25) is 0 Å². The van der Waals surface area contributed by atoms with Crippen LogP contribution in [0.25, 0.3) is 5.57 Å². The second-order valence-corrected chi connectivity index (χ2v) is 10.3. The third kappa shape index (κ3) is 3.37. The molecule has 0 saturated heterocycles. The van der Waals surface area contributed by atoms with Gasteiger partial charge in [0, 0.05) is 23.3 Å². The molecule has 11 nitrogen and oxygen atoms in total. The molecule has 0 spiro atoms. The molecule has 1 aromatic rings. The summed E-state index contributed by atoms with van der Waals surface area (Å²) in [5.41, 5.74) is 9.12. The highest BCUT2D eigenvalue weighted by Crippen LogP contribution is 2.53. The first kappa shape index (κ1) is 25.8. The number of carbonyl (C=O) groups excluding carboxylic acids is 5. The minimum Gasteiger partial charge on any atom is -0.507 e. The maximum atomic E-state index is 13.8. The van der Waals surface area contributed by atoms with Crippen molar-refractivity contribution in [2.24, 2.45) is 29.2 Å². The number of likely N-dealkylation sites (N-methyl/N-ethyl adjacent to an activating group) is 1. The van der Waals surface area contributed by atoms with E-state index < -0.39 is 76.2 Å². The maximum absolute atomic E-state index is 13.8. The van der Waals surface area contributed by atoms with E-state index in [2.05, 4.69) is 4.98 Å². The van der Waals surface area contributed by atoms with Gasteiger partial charge in [-0.2, -0.15) is 4.39 Å². The zero-order valence-corrected chi connectivity index (χ0v) is 20.5. The van der Waals surface area contributed by atoms with E-state index in [-0.39, 0.29) is 24.0 Å². The number of hydrogen-bond acceptors (Lipinski definition) is 10. The van der Waals surface area contributed by atoms with Crippen molar-refractivity contribution in [2.45, 2.75) is 30.5 Å². The van der Waals surface area contributed by atoms with Crippen LogP contribution in [-0.2, 0) is 24.0 Å². The third-order valence-corrected chi connectivity index (χ3v) is 8.01. The summed E-state index contributed by atoms with van der Waals surface area (Å²) >= 11 is 0. The molecule has 1 heterocycles. The summed E-state index contributed by atoms with van der Waals surface area (Å²) in [7, 11) is 3.02. The number of aromatic nitrogens is 1. The molecule has 4 aliphatic carbocycles. The van der Waals surface area contributed by atoms with Crippen molar-refractivity contribution in [3.8, 4) is 0 Å². The number of hydrogen-bond donors (Lipinski definition) is 4. The van der Waals surface area contributed by atoms with E-state index in [1.54, 1.807) is 0 Å². The Bertz CT molecular complexity index is 1430. The van der Waals surface area contributed by atoms with E-state index in [1.165, 1.54) is 37.3 Å². The Morgan fingerprint density at radius 1 is 1.21 bits per heavy atom. The lowest BCUT2D eigenvalue weighted by molar-refractivity contribution is -0.175. The quantitative estimate of drug-likeness (QED) is 0.286. The predicted octanol–water partition coefficient (Wildman–Crippen LogP) is -0.854. The molecular weight excluding hydrogens is 499 g/mol. The number of primary amides is 1. The highest BCUT2D eigenvalue weighted by atomic mass is 19.1. The Hall–Kier alpha value is -3.87. The molecule has 38 heavy (non-hydrogen) atoms. The van der Waals surface area contributed by atoms with Gasteiger partial charge in [-0.05, 0) is 56.1 Å². The van der Waals surface area contributed by atoms with Crippen molar-refractivity contribution in [2.75, 3.05) is 14.1 Å². The van der Waals surface area contributed by atoms with Crippen LogP contribution in [0.3, 0.4) is 0 Å². The van der Waals surface area contributed by atoms with Crippen molar-refractivity contribution in [3.05, 3.63) is 58.4 Å². The molecule has 12 heteroatoms. The summed E-state index contributed by atoms with van der Waals surface area (Å²) in [5, 5.41) is 22.9. The van der Waals surface area contributed by atoms with Crippen LogP contribution >= 0.6 is 0 Å². The van der Waals surface area contributed by atoms with Crippen LogP contribution < -0.4 is 11.5 Å². The van der Waals surface area contributed by atoms with Crippen molar-refractivity contribution in [3.63, 3.8) is 0 Å². The number of aliphatic hydroxyl groups excluding tert-OH is 1. The van der Waals surface area contributed by atoms with Gasteiger partial charge in [0.2, 0.25) is 17.6 Å². The molecule has 2 saturated carbocycles. The minimum atomic E-state index is -2.82. The Balaban J connectivity index is 1.69. The number of nitrogens with two attached hydrogens (primary N) is 2. The van der Waals surface area contributed by atoms with Crippen LogP contribution in [0.4, 0.5) is 4.39 Å². The van der Waals surface area contributed by atoms with Gasteiger partial charge in [-0.15, -0.1) is 0 Å². The number of Topliss-reactive ketones (excluding diaryl/α,β-unsaturated/α-hetero) is 4. The Kier molecular flexibility index (Phi) is 5.82. The van der Waals surface area contributed by atoms with Crippen LogP contribution in [0, 0.1) is 23.7 Å². The van der Waals surface area contributed by atoms with Gasteiger partial charge in [-0.3, -0.25) is 28.9 Å². The summed E-state index contributed by atoms with van der Waals surface area (Å²) in [5.74, 6) is -10.9. The number of rotatable bonds is 3. The van der Waals surface area contributed by atoms with Crippen LogP contribution in [0.5, 0.6) is 0 Å². The number of allylic oxidation sites excluding steroid dienone is 3. The number of halogens is 1. The number of amides is 1. The van der Waals surface area contributed by atoms with Crippen molar-refractivity contribution in [1.29, 1.82) is 0 Å². The first-order valence-electron chi connectivity index (χ1n) is 11.9. The fraction of sp³-hybridized carbons (Fsp3) is 0.385. The summed E-state index contributed by atoms with van der Waals surface area (Å²) < 4.78 is 13.5. The van der Waals surface area contributed by atoms with Gasteiger partial charge in [0.05, 0.1) is 17.7 Å². The molecular formula is C26H25FN4O7. The van der Waals surface area contributed by atoms with Crippen LogP contribution in [0.15, 0.2) is 46.9 Å². The molecule has 5 rings (SSSR count). The molecule has 0 aromatic carbocycles. The molecule has 2 unspecified atom stereocenters. The number of aliphatic hydroxyl groups is 2. The number of carbonyl (C=O) groups is 5. The molecule has 6 N–H and O–H groups in total. The normalized spacial score (nSPS) is 33.2. The fourth-order valence-electron chi connectivity index (χ4n) is 6.36. The van der Waals surface area contributed by atoms with E-state index in [1.807, 2.05) is 0 Å². The highest BCUT2D eigenvalue weighted by Gasteiger charge is 2.68. The molecule has 6 atom stereocenters. The van der Waals surface area contributed by atoms with Gasteiger partial charge in [-0.25, -0.2) is 4.98 Å². The first-order valence-corrected chi connectivity index (χ1v) is 11.9. The monoisotopic (exact) mass is 524 g/mol. The summed E-state index contributed by atoms with van der Waals surface area (Å²) in [6, 6.07) is 0.167. The van der Waals surface area contributed by atoms with Gasteiger partial charge in [-0.1, -0.05) is 6.08 Å². The first-order chi connectivity index (χ1) is 17.8. The fourth-order valence-corrected chi connectivity index (χ4v) is 6.36. The molecule has 1 amide bonds. The van der Waals surface area contributed by atoms with Gasteiger partial charge < -0.3 is 21.7 Å². The second kappa shape index (κ2) is 8.58. The molecule has 1 aromatic heterocycles. The molecule has 0 bridgehead atoms.